The van der Waals surface area contributed by atoms with Crippen LogP contribution in [-0.2, 0) is 4.79 Å². The van der Waals surface area contributed by atoms with Crippen LogP contribution < -0.4 is 10.6 Å². The van der Waals surface area contributed by atoms with E-state index in [-0.39, 0.29) is 18.2 Å². The third-order valence-corrected chi connectivity index (χ3v) is 3.79. The molecule has 24 heavy (non-hydrogen) atoms. The zero-order chi connectivity index (χ0) is 17.4. The highest BCUT2D eigenvalue weighted by Crippen LogP contribution is 2.20. The molecule has 0 saturated heterocycles. The van der Waals surface area contributed by atoms with E-state index in [2.05, 4.69) is 17.2 Å². The van der Waals surface area contributed by atoms with Crippen LogP contribution in [0.15, 0.2) is 67.3 Å². The Morgan fingerprint density at radius 3 is 2.42 bits per heavy atom. The second kappa shape index (κ2) is 8.89. The molecule has 0 aliphatic rings. The standard InChI is InChI=1S/C19H19ClN2O2/c1-2-12-21-18(23)13-17(14-8-4-3-5-9-14)22-19(24)15-10-6-7-11-16(15)20/h2-11,17H,1,12-13H2,(H,21,23)(H,22,24)/t17-/m0/s1. The molecule has 0 aliphatic heterocycles. The largest absolute Gasteiger partial charge is 0.353 e. The first-order chi connectivity index (χ1) is 11.6. The van der Waals surface area contributed by atoms with Crippen LogP contribution in [0.4, 0.5) is 0 Å². The van der Waals surface area contributed by atoms with Gasteiger partial charge in [0.2, 0.25) is 5.91 Å². The fraction of sp³-hybridized carbons (Fsp3) is 0.158. The minimum absolute atomic E-state index is 0.133. The molecule has 0 saturated carbocycles. The van der Waals surface area contributed by atoms with Crippen LogP contribution >= 0.6 is 11.6 Å². The lowest BCUT2D eigenvalue weighted by atomic mass is 10.0. The van der Waals surface area contributed by atoms with Gasteiger partial charge in [0.1, 0.15) is 0 Å². The normalized spacial score (nSPS) is 11.4. The van der Waals surface area contributed by atoms with Gasteiger partial charge in [-0.1, -0.05) is 60.1 Å². The van der Waals surface area contributed by atoms with Gasteiger partial charge in [0.25, 0.3) is 5.91 Å². The number of benzene rings is 2. The van der Waals surface area contributed by atoms with Crippen LogP contribution in [0.25, 0.3) is 0 Å². The number of rotatable bonds is 7. The number of hydrogen-bond acceptors (Lipinski definition) is 2. The summed E-state index contributed by atoms with van der Waals surface area (Å²) < 4.78 is 0. The molecule has 2 N–H and O–H groups in total. The van der Waals surface area contributed by atoms with E-state index in [4.69, 9.17) is 11.6 Å². The summed E-state index contributed by atoms with van der Waals surface area (Å²) >= 11 is 6.07. The van der Waals surface area contributed by atoms with Crippen molar-refractivity contribution < 1.29 is 9.59 Å². The highest BCUT2D eigenvalue weighted by molar-refractivity contribution is 6.33. The van der Waals surface area contributed by atoms with Gasteiger partial charge in [-0.05, 0) is 17.7 Å². The average Bonchev–Trinajstić information content (AvgIpc) is 2.60. The lowest BCUT2D eigenvalue weighted by Crippen LogP contribution is -2.34. The summed E-state index contributed by atoms with van der Waals surface area (Å²) in [5.74, 6) is -0.478. The molecule has 0 heterocycles. The summed E-state index contributed by atoms with van der Waals surface area (Å²) in [6.07, 6.45) is 1.74. The Hall–Kier alpha value is -2.59. The first-order valence-electron chi connectivity index (χ1n) is 7.59. The van der Waals surface area contributed by atoms with Crippen LogP contribution in [-0.4, -0.2) is 18.4 Å². The van der Waals surface area contributed by atoms with Crippen molar-refractivity contribution in [3.8, 4) is 0 Å². The van der Waals surface area contributed by atoms with E-state index in [1.807, 2.05) is 30.3 Å². The molecule has 1 atom stereocenters. The maximum absolute atomic E-state index is 12.5. The van der Waals surface area contributed by atoms with Crippen LogP contribution in [0.2, 0.25) is 5.02 Å². The molecule has 0 fully saturated rings. The number of nitrogens with one attached hydrogen (secondary N) is 2. The Morgan fingerprint density at radius 1 is 1.08 bits per heavy atom. The number of hydrogen-bond donors (Lipinski definition) is 2. The number of carbonyl (C=O) groups excluding carboxylic acids is 2. The molecule has 2 aromatic carbocycles. The smallest absolute Gasteiger partial charge is 0.253 e. The minimum Gasteiger partial charge on any atom is -0.353 e. The summed E-state index contributed by atoms with van der Waals surface area (Å²) in [5.41, 5.74) is 1.23. The topological polar surface area (TPSA) is 58.2 Å². The van der Waals surface area contributed by atoms with E-state index in [0.717, 1.165) is 5.56 Å². The lowest BCUT2D eigenvalue weighted by Gasteiger charge is -2.19. The van der Waals surface area contributed by atoms with Gasteiger partial charge in [-0.2, -0.15) is 0 Å². The van der Waals surface area contributed by atoms with Gasteiger partial charge < -0.3 is 10.6 Å². The van der Waals surface area contributed by atoms with E-state index in [9.17, 15) is 9.59 Å². The molecule has 0 radical (unpaired) electrons. The Bertz CT molecular complexity index is 716. The molecule has 4 nitrogen and oxygen atoms in total. The van der Waals surface area contributed by atoms with Gasteiger partial charge >= 0.3 is 0 Å². The molecular formula is C19H19ClN2O2. The maximum atomic E-state index is 12.5. The van der Waals surface area contributed by atoms with E-state index in [1.165, 1.54) is 0 Å². The number of halogens is 1. The van der Waals surface area contributed by atoms with Gasteiger partial charge in [-0.15, -0.1) is 6.58 Å². The number of carbonyl (C=O) groups is 2. The zero-order valence-electron chi connectivity index (χ0n) is 13.2. The quantitative estimate of drug-likeness (QED) is 0.756. The van der Waals surface area contributed by atoms with Crippen molar-refractivity contribution in [2.24, 2.45) is 0 Å². The van der Waals surface area contributed by atoms with Crippen molar-refractivity contribution in [2.45, 2.75) is 12.5 Å². The monoisotopic (exact) mass is 342 g/mol. The third-order valence-electron chi connectivity index (χ3n) is 3.46. The van der Waals surface area contributed by atoms with Crippen LogP contribution in [0, 0.1) is 0 Å². The van der Waals surface area contributed by atoms with Gasteiger partial charge in [0.05, 0.1) is 23.0 Å². The maximum Gasteiger partial charge on any atom is 0.253 e. The molecule has 2 rings (SSSR count). The van der Waals surface area contributed by atoms with E-state index in [0.29, 0.717) is 17.1 Å². The van der Waals surface area contributed by atoms with E-state index < -0.39 is 6.04 Å². The summed E-state index contributed by atoms with van der Waals surface area (Å²) in [6, 6.07) is 15.7. The molecule has 0 spiro atoms. The Morgan fingerprint density at radius 2 is 1.75 bits per heavy atom. The van der Waals surface area contributed by atoms with Crippen molar-refractivity contribution in [1.29, 1.82) is 0 Å². The van der Waals surface area contributed by atoms with E-state index in [1.54, 1.807) is 30.3 Å². The lowest BCUT2D eigenvalue weighted by molar-refractivity contribution is -0.121. The number of amides is 2. The fourth-order valence-corrected chi connectivity index (χ4v) is 2.48. The Balaban J connectivity index is 2.17. The Kier molecular flexibility index (Phi) is 6.58. The predicted molar refractivity (Wildman–Crippen MR) is 95.9 cm³/mol. The first kappa shape index (κ1) is 17.8. The fourth-order valence-electron chi connectivity index (χ4n) is 2.26. The van der Waals surface area contributed by atoms with E-state index >= 15 is 0 Å². The molecule has 0 bridgehead atoms. The summed E-state index contributed by atoms with van der Waals surface area (Å²) in [5, 5.41) is 5.98. The summed E-state index contributed by atoms with van der Waals surface area (Å²) in [6.45, 7) is 3.96. The second-order valence-corrected chi connectivity index (χ2v) is 5.62. The van der Waals surface area contributed by atoms with Gasteiger partial charge in [0, 0.05) is 6.54 Å². The van der Waals surface area contributed by atoms with Crippen LogP contribution in [0.3, 0.4) is 0 Å². The minimum atomic E-state index is -0.445. The van der Waals surface area contributed by atoms with Crippen molar-refractivity contribution in [3.63, 3.8) is 0 Å². The molecule has 5 heteroatoms. The average molecular weight is 343 g/mol. The molecule has 0 aromatic heterocycles. The van der Waals surface area contributed by atoms with Crippen molar-refractivity contribution in [3.05, 3.63) is 83.4 Å². The van der Waals surface area contributed by atoms with Crippen molar-refractivity contribution >= 4 is 23.4 Å². The summed E-state index contributed by atoms with van der Waals surface area (Å²) in [7, 11) is 0. The van der Waals surface area contributed by atoms with Crippen molar-refractivity contribution in [2.75, 3.05) is 6.54 Å². The van der Waals surface area contributed by atoms with Crippen LogP contribution in [0.1, 0.15) is 28.4 Å². The SMILES string of the molecule is C=CCNC(=O)C[C@H](NC(=O)c1ccccc1Cl)c1ccccc1. The third kappa shape index (κ3) is 4.96. The molecule has 124 valence electrons. The van der Waals surface area contributed by atoms with Crippen molar-refractivity contribution in [1.82, 2.24) is 10.6 Å². The molecule has 2 aromatic rings. The zero-order valence-corrected chi connectivity index (χ0v) is 13.9. The second-order valence-electron chi connectivity index (χ2n) is 5.21. The highest BCUT2D eigenvalue weighted by Gasteiger charge is 2.20. The van der Waals surface area contributed by atoms with Crippen LogP contribution in [0.5, 0.6) is 0 Å². The van der Waals surface area contributed by atoms with Gasteiger partial charge in [-0.3, -0.25) is 9.59 Å². The molecule has 0 aliphatic carbocycles. The summed E-state index contributed by atoms with van der Waals surface area (Å²) in [4.78, 5) is 24.5. The molecular weight excluding hydrogens is 324 g/mol. The predicted octanol–water partition coefficient (Wildman–Crippen LogP) is 3.50. The molecule has 0 unspecified atom stereocenters. The first-order valence-corrected chi connectivity index (χ1v) is 7.97. The molecule has 2 amide bonds. The Labute approximate surface area is 146 Å². The highest BCUT2D eigenvalue weighted by atomic mass is 35.5. The van der Waals surface area contributed by atoms with Gasteiger partial charge in [-0.25, -0.2) is 0 Å². The van der Waals surface area contributed by atoms with Gasteiger partial charge in [0.15, 0.2) is 0 Å².